The zero-order valence-electron chi connectivity index (χ0n) is 40.5. The van der Waals surface area contributed by atoms with E-state index in [1.165, 1.54) is 66.1 Å². The Hall–Kier alpha value is -8.86. The van der Waals surface area contributed by atoms with E-state index >= 15 is 0 Å². The predicted octanol–water partition coefficient (Wildman–Crippen LogP) is 19.3. The van der Waals surface area contributed by atoms with Gasteiger partial charge in [-0.3, -0.25) is 0 Å². The molecular formula is C68H48N2O2. The molecule has 4 nitrogen and oxygen atoms in total. The van der Waals surface area contributed by atoms with Crippen molar-refractivity contribution in [2.75, 3.05) is 9.80 Å². The van der Waals surface area contributed by atoms with Crippen LogP contribution in [0.4, 0.5) is 34.1 Å². The number of nitrogens with zero attached hydrogens (tertiary/aromatic N) is 2. The van der Waals surface area contributed by atoms with Crippen molar-refractivity contribution in [2.45, 2.75) is 38.5 Å². The second-order valence-electron chi connectivity index (χ2n) is 20.7. The van der Waals surface area contributed by atoms with Crippen LogP contribution in [-0.2, 0) is 10.8 Å². The van der Waals surface area contributed by atoms with Crippen LogP contribution in [0.5, 0.6) is 0 Å². The molecule has 0 amide bonds. The van der Waals surface area contributed by atoms with Crippen molar-refractivity contribution in [3.63, 3.8) is 0 Å². The molecule has 0 saturated heterocycles. The highest BCUT2D eigenvalue weighted by Crippen LogP contribution is 2.60. The van der Waals surface area contributed by atoms with E-state index in [4.69, 9.17) is 8.83 Å². The number of fused-ring (bicyclic) bond motifs is 11. The predicted molar refractivity (Wildman–Crippen MR) is 301 cm³/mol. The maximum atomic E-state index is 6.73. The lowest BCUT2D eigenvalue weighted by molar-refractivity contribution is 0.582. The van der Waals surface area contributed by atoms with Crippen LogP contribution in [0.15, 0.2) is 227 Å². The van der Waals surface area contributed by atoms with Gasteiger partial charge in [0.2, 0.25) is 0 Å². The summed E-state index contributed by atoms with van der Waals surface area (Å²) in [4.78, 5) is 4.79. The Kier molecular flexibility index (Phi) is 8.44. The van der Waals surface area contributed by atoms with Crippen LogP contribution in [0.1, 0.15) is 49.9 Å². The molecule has 13 aromatic rings. The van der Waals surface area contributed by atoms with Crippen molar-refractivity contribution in [3.05, 3.63) is 241 Å². The number of hydrogen-bond donors (Lipinski definition) is 0. The first-order chi connectivity index (χ1) is 35.3. The number of furan rings is 2. The quantitative estimate of drug-likeness (QED) is 0.166. The minimum Gasteiger partial charge on any atom is -0.454 e. The van der Waals surface area contributed by atoms with Gasteiger partial charge >= 0.3 is 0 Å². The fourth-order valence-electron chi connectivity index (χ4n) is 13.1. The molecule has 2 heterocycles. The topological polar surface area (TPSA) is 32.8 Å². The molecule has 0 fully saturated rings. The van der Waals surface area contributed by atoms with E-state index in [0.717, 1.165) is 78.0 Å². The highest BCUT2D eigenvalue weighted by molar-refractivity contribution is 6.17. The van der Waals surface area contributed by atoms with E-state index in [-0.39, 0.29) is 10.8 Å². The summed E-state index contributed by atoms with van der Waals surface area (Å²) in [5.41, 5.74) is 19.8. The van der Waals surface area contributed by atoms with E-state index in [0.29, 0.717) is 0 Å². The average Bonchev–Trinajstić information content (AvgIpc) is 4.00. The van der Waals surface area contributed by atoms with Crippen molar-refractivity contribution in [3.8, 4) is 22.3 Å². The summed E-state index contributed by atoms with van der Waals surface area (Å²) in [6, 6.07) is 79.5. The Bertz CT molecular complexity index is 4120. The lowest BCUT2D eigenvalue weighted by Crippen LogP contribution is -2.33. The number of benzene rings is 11. The van der Waals surface area contributed by atoms with Crippen molar-refractivity contribution in [2.24, 2.45) is 0 Å². The lowest BCUT2D eigenvalue weighted by Gasteiger charge is -2.44. The highest BCUT2D eigenvalue weighted by atomic mass is 16.3. The van der Waals surface area contributed by atoms with Gasteiger partial charge in [0.1, 0.15) is 11.2 Å². The molecule has 2 aromatic heterocycles. The third kappa shape index (κ3) is 5.52. The highest BCUT2D eigenvalue weighted by Gasteiger charge is 2.44. The second kappa shape index (κ2) is 14.8. The van der Waals surface area contributed by atoms with Gasteiger partial charge in [-0.05, 0) is 116 Å². The molecule has 72 heavy (non-hydrogen) atoms. The number of rotatable bonds is 6. The fraction of sp³-hybridized carbons (Fsp3) is 0.0882. The van der Waals surface area contributed by atoms with Crippen LogP contribution >= 0.6 is 0 Å². The number of hydrogen-bond acceptors (Lipinski definition) is 4. The maximum absolute atomic E-state index is 6.73. The van der Waals surface area contributed by atoms with Crippen LogP contribution in [0.25, 0.3) is 87.7 Å². The SMILES string of the molecule is CC1(C)c2c(ccc3c2C(C)(C)c2cccc4c(N(c5ccccc5)c5cccc6c5oc5ccccc56)ccc-3c24)-c2ccc(N(c3ccccc3)c3cccc4c3oc3ccccc34)c3cccc1c23. The molecule has 0 N–H and O–H groups in total. The molecule has 342 valence electrons. The van der Waals surface area contributed by atoms with Gasteiger partial charge in [-0.1, -0.05) is 185 Å². The molecule has 0 unspecified atom stereocenters. The molecule has 0 radical (unpaired) electrons. The Balaban J connectivity index is 0.936. The normalized spacial score (nSPS) is 14.1. The van der Waals surface area contributed by atoms with Crippen LogP contribution in [0.2, 0.25) is 0 Å². The first-order valence-corrected chi connectivity index (χ1v) is 25.1. The molecule has 0 spiro atoms. The Morgan fingerprint density at radius 3 is 1.10 bits per heavy atom. The standard InChI is InChI=1S/C68H48N2O2/c1-67(2)53-29-15-27-51-55(69(41-19-7-5-8-20-41)57-31-17-25-49-43-23-11-13-33-59(43)71-65(49)57)39-37-45(61(51)53)47-35-36-48-46-38-40-56(52-28-16-30-54(62(46)52)68(3,4)64(48)63(47)67)70(42-21-9-6-10-22-42)58-32-18-26-50-44-24-12-14-34-60(44)72-66(50)58/h5-40H,1-4H3. The third-order valence-corrected chi connectivity index (χ3v) is 16.2. The minimum absolute atomic E-state index is 0.347. The van der Waals surface area contributed by atoms with Crippen LogP contribution in [-0.4, -0.2) is 0 Å². The van der Waals surface area contributed by atoms with E-state index < -0.39 is 0 Å². The minimum atomic E-state index is -0.347. The van der Waals surface area contributed by atoms with Crippen LogP contribution < -0.4 is 9.80 Å². The Morgan fingerprint density at radius 1 is 0.292 bits per heavy atom. The zero-order chi connectivity index (χ0) is 48.0. The van der Waals surface area contributed by atoms with Gasteiger partial charge in [0.05, 0.1) is 22.7 Å². The van der Waals surface area contributed by atoms with E-state index in [9.17, 15) is 0 Å². The van der Waals surface area contributed by atoms with Crippen LogP contribution in [0.3, 0.4) is 0 Å². The molecular weight excluding hydrogens is 877 g/mol. The van der Waals surface area contributed by atoms with Gasteiger partial charge in [0, 0.05) is 54.5 Å². The summed E-state index contributed by atoms with van der Waals surface area (Å²) in [5.74, 6) is 0. The molecule has 15 rings (SSSR count). The average molecular weight is 925 g/mol. The van der Waals surface area contributed by atoms with Gasteiger partial charge < -0.3 is 18.6 Å². The largest absolute Gasteiger partial charge is 0.454 e. The van der Waals surface area contributed by atoms with Crippen molar-refractivity contribution in [1.82, 2.24) is 0 Å². The van der Waals surface area contributed by atoms with E-state index in [1.807, 2.05) is 12.1 Å². The van der Waals surface area contributed by atoms with E-state index in [1.54, 1.807) is 0 Å². The van der Waals surface area contributed by atoms with Gasteiger partial charge in [-0.15, -0.1) is 0 Å². The Morgan fingerprint density at radius 2 is 0.653 bits per heavy atom. The first-order valence-electron chi connectivity index (χ1n) is 25.1. The van der Waals surface area contributed by atoms with Crippen molar-refractivity contribution < 1.29 is 8.83 Å². The summed E-state index contributed by atoms with van der Waals surface area (Å²) in [6.45, 7) is 9.80. The summed E-state index contributed by atoms with van der Waals surface area (Å²) in [7, 11) is 0. The maximum Gasteiger partial charge on any atom is 0.159 e. The summed E-state index contributed by atoms with van der Waals surface area (Å²) >= 11 is 0. The van der Waals surface area contributed by atoms with Gasteiger partial charge in [0.25, 0.3) is 0 Å². The van der Waals surface area contributed by atoms with Crippen LogP contribution in [0, 0.1) is 0 Å². The summed E-state index contributed by atoms with van der Waals surface area (Å²) in [5, 5.41) is 9.47. The smallest absolute Gasteiger partial charge is 0.159 e. The molecule has 2 aliphatic rings. The molecule has 11 aromatic carbocycles. The molecule has 4 heteroatoms. The molecule has 0 aliphatic heterocycles. The van der Waals surface area contributed by atoms with Crippen molar-refractivity contribution >= 4 is 99.5 Å². The van der Waals surface area contributed by atoms with Gasteiger partial charge in [-0.25, -0.2) is 0 Å². The Labute approximate surface area is 417 Å². The van der Waals surface area contributed by atoms with Gasteiger partial charge in [-0.2, -0.15) is 0 Å². The fourth-order valence-corrected chi connectivity index (χ4v) is 13.1. The zero-order valence-corrected chi connectivity index (χ0v) is 40.5. The molecule has 0 bridgehead atoms. The molecule has 2 aliphatic carbocycles. The summed E-state index contributed by atoms with van der Waals surface area (Å²) in [6.07, 6.45) is 0. The summed E-state index contributed by atoms with van der Waals surface area (Å²) < 4.78 is 13.5. The molecule has 0 atom stereocenters. The first kappa shape index (κ1) is 41.0. The number of para-hydroxylation sites is 6. The molecule has 0 saturated carbocycles. The van der Waals surface area contributed by atoms with Crippen molar-refractivity contribution in [1.29, 1.82) is 0 Å². The monoisotopic (exact) mass is 924 g/mol. The second-order valence-corrected chi connectivity index (χ2v) is 20.7. The lowest BCUT2D eigenvalue weighted by atomic mass is 9.59. The van der Waals surface area contributed by atoms with E-state index in [2.05, 4.69) is 244 Å². The van der Waals surface area contributed by atoms with Gasteiger partial charge in [0.15, 0.2) is 11.2 Å². The third-order valence-electron chi connectivity index (χ3n) is 16.2. The number of anilines is 6.